The summed E-state index contributed by atoms with van der Waals surface area (Å²) < 4.78 is 17.2. The molecule has 0 aromatic carbocycles. The largest absolute Gasteiger partial charge is 0.394 e. The van der Waals surface area contributed by atoms with Crippen LogP contribution in [-0.4, -0.2) is 35.5 Å². The van der Waals surface area contributed by atoms with Crippen LogP contribution in [0.5, 0.6) is 0 Å². The van der Waals surface area contributed by atoms with Crippen LogP contribution in [0.15, 0.2) is 0 Å². The molecule has 0 amide bonds. The molecule has 0 aromatic heterocycles. The van der Waals surface area contributed by atoms with Crippen LogP contribution in [0.4, 0.5) is 0 Å². The monoisotopic (exact) mass is 290 g/mol. The highest BCUT2D eigenvalue weighted by molar-refractivity contribution is 6.67. The summed E-state index contributed by atoms with van der Waals surface area (Å²) in [6.07, 6.45) is 7.84. The van der Waals surface area contributed by atoms with E-state index in [0.717, 1.165) is 18.7 Å². The van der Waals surface area contributed by atoms with Crippen LogP contribution in [0.2, 0.25) is 12.1 Å². The molecule has 0 radical (unpaired) electrons. The lowest BCUT2D eigenvalue weighted by atomic mass is 10.1. The van der Waals surface area contributed by atoms with Gasteiger partial charge in [0.2, 0.25) is 0 Å². The Balaban J connectivity index is 3.74. The van der Waals surface area contributed by atoms with Gasteiger partial charge in [-0.05, 0) is 18.5 Å². The van der Waals surface area contributed by atoms with Gasteiger partial charge in [-0.15, -0.1) is 0 Å². The van der Waals surface area contributed by atoms with Crippen molar-refractivity contribution in [1.82, 2.24) is 0 Å². The van der Waals surface area contributed by atoms with Gasteiger partial charge in [-0.3, -0.25) is 0 Å². The second-order valence-electron chi connectivity index (χ2n) is 5.08. The maximum atomic E-state index is 6.14. The SMILES string of the molecule is CCCCCCCCO[Si](CC)(CC)OCCOC. The number of rotatable bonds is 14. The Bertz CT molecular complexity index is 184. The minimum Gasteiger partial charge on any atom is -0.394 e. The third kappa shape index (κ3) is 9.60. The Morgan fingerprint density at radius 2 is 1.26 bits per heavy atom. The average molecular weight is 291 g/mol. The Hall–Kier alpha value is 0.0969. The molecule has 0 saturated heterocycles. The highest BCUT2D eigenvalue weighted by atomic mass is 28.4. The number of hydrogen-bond acceptors (Lipinski definition) is 3. The molecule has 3 nitrogen and oxygen atoms in total. The Morgan fingerprint density at radius 3 is 1.84 bits per heavy atom. The van der Waals surface area contributed by atoms with Crippen molar-refractivity contribution < 1.29 is 13.6 Å². The molecular weight excluding hydrogens is 256 g/mol. The number of methoxy groups -OCH3 is 1. The van der Waals surface area contributed by atoms with Crippen LogP contribution in [0.1, 0.15) is 59.3 Å². The van der Waals surface area contributed by atoms with Crippen molar-refractivity contribution in [2.24, 2.45) is 0 Å². The van der Waals surface area contributed by atoms with Crippen molar-refractivity contribution >= 4 is 8.56 Å². The molecule has 0 bridgehead atoms. The van der Waals surface area contributed by atoms with Crippen LogP contribution in [0.3, 0.4) is 0 Å². The topological polar surface area (TPSA) is 27.7 Å². The molecular formula is C15H34O3Si. The molecule has 0 N–H and O–H groups in total. The van der Waals surface area contributed by atoms with E-state index in [2.05, 4.69) is 20.8 Å². The maximum absolute atomic E-state index is 6.14. The smallest absolute Gasteiger partial charge is 0.337 e. The maximum Gasteiger partial charge on any atom is 0.337 e. The first-order valence-electron chi connectivity index (χ1n) is 8.01. The molecule has 0 spiro atoms. The van der Waals surface area contributed by atoms with E-state index >= 15 is 0 Å². The van der Waals surface area contributed by atoms with E-state index < -0.39 is 8.56 Å². The van der Waals surface area contributed by atoms with Crippen LogP contribution in [0, 0.1) is 0 Å². The van der Waals surface area contributed by atoms with E-state index in [1.165, 1.54) is 38.5 Å². The van der Waals surface area contributed by atoms with Crippen molar-refractivity contribution in [3.05, 3.63) is 0 Å². The lowest BCUT2D eigenvalue weighted by Gasteiger charge is -2.28. The van der Waals surface area contributed by atoms with Crippen LogP contribution in [-0.2, 0) is 13.6 Å². The predicted molar refractivity (Wildman–Crippen MR) is 83.9 cm³/mol. The van der Waals surface area contributed by atoms with Gasteiger partial charge in [0.15, 0.2) is 0 Å². The Labute approximate surface area is 121 Å². The van der Waals surface area contributed by atoms with Crippen molar-refractivity contribution in [3.8, 4) is 0 Å². The second-order valence-corrected chi connectivity index (χ2v) is 8.89. The van der Waals surface area contributed by atoms with Gasteiger partial charge < -0.3 is 13.6 Å². The first kappa shape index (κ1) is 19.1. The lowest BCUT2D eigenvalue weighted by Crippen LogP contribution is -2.41. The van der Waals surface area contributed by atoms with Crippen LogP contribution >= 0.6 is 0 Å². The van der Waals surface area contributed by atoms with Gasteiger partial charge >= 0.3 is 8.56 Å². The van der Waals surface area contributed by atoms with E-state index in [1.54, 1.807) is 7.11 Å². The summed E-state index contributed by atoms with van der Waals surface area (Å²) in [7, 11) is -0.226. The third-order valence-corrected chi connectivity index (χ3v) is 7.21. The van der Waals surface area contributed by atoms with Crippen molar-refractivity contribution in [1.29, 1.82) is 0 Å². The summed E-state index contributed by atoms with van der Waals surface area (Å²) >= 11 is 0. The number of ether oxygens (including phenoxy) is 1. The van der Waals surface area contributed by atoms with Crippen molar-refractivity contribution in [2.45, 2.75) is 71.4 Å². The molecule has 116 valence electrons. The van der Waals surface area contributed by atoms with Gasteiger partial charge in [0.05, 0.1) is 13.2 Å². The van der Waals surface area contributed by atoms with E-state index in [-0.39, 0.29) is 0 Å². The molecule has 0 aliphatic heterocycles. The quantitative estimate of drug-likeness (QED) is 0.348. The highest BCUT2D eigenvalue weighted by Gasteiger charge is 2.33. The van der Waals surface area contributed by atoms with Gasteiger partial charge in [0.1, 0.15) is 0 Å². The molecule has 0 fully saturated rings. The molecule has 0 atom stereocenters. The van der Waals surface area contributed by atoms with E-state index in [9.17, 15) is 0 Å². The van der Waals surface area contributed by atoms with Crippen LogP contribution < -0.4 is 0 Å². The molecule has 0 saturated carbocycles. The minimum atomic E-state index is -1.94. The summed E-state index contributed by atoms with van der Waals surface area (Å²) in [5.74, 6) is 0. The van der Waals surface area contributed by atoms with Crippen molar-refractivity contribution in [2.75, 3.05) is 26.9 Å². The molecule has 0 heterocycles. The lowest BCUT2D eigenvalue weighted by molar-refractivity contribution is 0.107. The first-order valence-corrected chi connectivity index (χ1v) is 10.2. The van der Waals surface area contributed by atoms with Gasteiger partial charge in [-0.25, -0.2) is 0 Å². The zero-order chi connectivity index (χ0) is 14.4. The fourth-order valence-electron chi connectivity index (χ4n) is 2.15. The van der Waals surface area contributed by atoms with Gasteiger partial charge in [0, 0.05) is 13.7 Å². The zero-order valence-corrected chi connectivity index (χ0v) is 14.5. The molecule has 0 aromatic rings. The van der Waals surface area contributed by atoms with Crippen molar-refractivity contribution in [3.63, 3.8) is 0 Å². The minimum absolute atomic E-state index is 0.662. The fraction of sp³-hybridized carbons (Fsp3) is 1.00. The van der Waals surface area contributed by atoms with Crippen LogP contribution in [0.25, 0.3) is 0 Å². The van der Waals surface area contributed by atoms with E-state index in [4.69, 9.17) is 13.6 Å². The van der Waals surface area contributed by atoms with Gasteiger partial charge in [-0.1, -0.05) is 52.9 Å². The molecule has 0 unspecified atom stereocenters. The molecule has 0 aliphatic rings. The van der Waals surface area contributed by atoms with E-state index in [0.29, 0.717) is 13.2 Å². The summed E-state index contributed by atoms with van der Waals surface area (Å²) in [6, 6.07) is 2.06. The second kappa shape index (κ2) is 13.1. The Kier molecular flexibility index (Phi) is 13.2. The molecule has 0 rings (SSSR count). The molecule has 19 heavy (non-hydrogen) atoms. The zero-order valence-electron chi connectivity index (χ0n) is 13.5. The number of unbranched alkanes of at least 4 members (excludes halogenated alkanes) is 5. The highest BCUT2D eigenvalue weighted by Crippen LogP contribution is 2.19. The third-order valence-electron chi connectivity index (χ3n) is 3.59. The van der Waals surface area contributed by atoms with E-state index in [1.807, 2.05) is 0 Å². The van der Waals surface area contributed by atoms with Gasteiger partial charge in [-0.2, -0.15) is 0 Å². The summed E-state index contributed by atoms with van der Waals surface area (Å²) in [6.45, 7) is 8.82. The average Bonchev–Trinajstić information content (AvgIpc) is 2.45. The Morgan fingerprint density at radius 1 is 0.684 bits per heavy atom. The predicted octanol–water partition coefficient (Wildman–Crippen LogP) is 4.51. The summed E-state index contributed by atoms with van der Waals surface area (Å²) in [5, 5.41) is 0. The molecule has 4 heteroatoms. The normalized spacial score (nSPS) is 12.0. The summed E-state index contributed by atoms with van der Waals surface area (Å²) in [4.78, 5) is 0. The van der Waals surface area contributed by atoms with Gasteiger partial charge in [0.25, 0.3) is 0 Å². The standard InChI is InChI=1S/C15H34O3Si/c1-5-8-9-10-11-12-13-17-19(6-2,7-3)18-15-14-16-4/h5-15H2,1-4H3. The molecule has 0 aliphatic carbocycles. The first-order chi connectivity index (χ1) is 9.24. The number of hydrogen-bond donors (Lipinski definition) is 0. The summed E-state index contributed by atoms with van der Waals surface area (Å²) in [5.41, 5.74) is 0. The fourth-order valence-corrected chi connectivity index (χ4v) is 4.52.